The average Bonchev–Trinajstić information content (AvgIpc) is 2.28. The van der Waals surface area contributed by atoms with Crippen LogP contribution in [0.4, 0.5) is 5.69 Å². The first kappa shape index (κ1) is 12.6. The minimum Gasteiger partial charge on any atom is -0.462 e. The van der Waals surface area contributed by atoms with Crippen LogP contribution in [0.15, 0.2) is 24.3 Å². The number of hydrogen-bond donors (Lipinski definition) is 0. The van der Waals surface area contributed by atoms with E-state index in [2.05, 4.69) is 18.7 Å². The van der Waals surface area contributed by atoms with Crippen LogP contribution in [-0.4, -0.2) is 25.7 Å². The molecule has 0 aromatic heterocycles. The molecule has 1 rings (SSSR count). The third-order valence-corrected chi connectivity index (χ3v) is 2.56. The normalized spacial score (nSPS) is 10.3. The van der Waals surface area contributed by atoms with E-state index in [0.717, 1.165) is 5.69 Å². The topological polar surface area (TPSA) is 29.5 Å². The highest BCUT2D eigenvalue weighted by Crippen LogP contribution is 2.16. The van der Waals surface area contributed by atoms with Gasteiger partial charge >= 0.3 is 5.97 Å². The highest BCUT2D eigenvalue weighted by Gasteiger charge is 2.08. The molecule has 0 N–H and O–H groups in total. The molecule has 0 fully saturated rings. The molecule has 0 aliphatic carbocycles. The molecule has 0 saturated heterocycles. The highest BCUT2D eigenvalue weighted by atomic mass is 16.5. The summed E-state index contributed by atoms with van der Waals surface area (Å²) in [7, 11) is 2.03. The second-order valence-corrected chi connectivity index (χ2v) is 3.97. The standard InChI is InChI=1S/C13H19NO2/c1-5-16-13(15)11-6-8-12(9-7-11)14(4)10(2)3/h6-10H,5H2,1-4H3. The van der Waals surface area contributed by atoms with Crippen molar-refractivity contribution in [3.8, 4) is 0 Å². The molecular weight excluding hydrogens is 202 g/mol. The molecule has 0 aliphatic rings. The van der Waals surface area contributed by atoms with Crippen LogP contribution >= 0.6 is 0 Å². The third kappa shape index (κ3) is 2.99. The van der Waals surface area contributed by atoms with Crippen molar-refractivity contribution in [2.75, 3.05) is 18.6 Å². The van der Waals surface area contributed by atoms with Crippen molar-refractivity contribution < 1.29 is 9.53 Å². The summed E-state index contributed by atoms with van der Waals surface area (Å²) in [5.74, 6) is -0.263. The number of esters is 1. The second kappa shape index (κ2) is 5.54. The summed E-state index contributed by atoms with van der Waals surface area (Å²) in [6.45, 7) is 6.46. The molecule has 1 aromatic rings. The summed E-state index contributed by atoms with van der Waals surface area (Å²) in [6.07, 6.45) is 0. The van der Waals surface area contributed by atoms with Crippen LogP contribution in [0.25, 0.3) is 0 Å². The Bertz CT molecular complexity index is 343. The summed E-state index contributed by atoms with van der Waals surface area (Å²) < 4.78 is 4.92. The molecule has 0 saturated carbocycles. The molecule has 1 aromatic carbocycles. The van der Waals surface area contributed by atoms with Gasteiger partial charge < -0.3 is 9.64 Å². The lowest BCUT2D eigenvalue weighted by molar-refractivity contribution is 0.0526. The number of carbonyl (C=O) groups is 1. The first-order valence-corrected chi connectivity index (χ1v) is 5.56. The minimum absolute atomic E-state index is 0.263. The van der Waals surface area contributed by atoms with Crippen LogP contribution in [0.5, 0.6) is 0 Å². The van der Waals surface area contributed by atoms with E-state index in [0.29, 0.717) is 18.2 Å². The van der Waals surface area contributed by atoms with Gasteiger partial charge in [-0.3, -0.25) is 0 Å². The Hall–Kier alpha value is -1.51. The van der Waals surface area contributed by atoms with E-state index >= 15 is 0 Å². The Morgan fingerprint density at radius 1 is 1.31 bits per heavy atom. The molecule has 0 unspecified atom stereocenters. The number of carbonyl (C=O) groups excluding carboxylic acids is 1. The van der Waals surface area contributed by atoms with Gasteiger partial charge in [-0.15, -0.1) is 0 Å². The molecule has 0 heterocycles. The van der Waals surface area contributed by atoms with Crippen LogP contribution in [-0.2, 0) is 4.74 Å². The zero-order valence-corrected chi connectivity index (χ0v) is 10.4. The quantitative estimate of drug-likeness (QED) is 0.732. The molecule has 0 amide bonds. The summed E-state index contributed by atoms with van der Waals surface area (Å²) >= 11 is 0. The van der Waals surface area contributed by atoms with Crippen molar-refractivity contribution in [3.05, 3.63) is 29.8 Å². The Kier molecular flexibility index (Phi) is 4.35. The van der Waals surface area contributed by atoms with Crippen molar-refractivity contribution in [2.24, 2.45) is 0 Å². The fourth-order valence-electron chi connectivity index (χ4n) is 1.35. The second-order valence-electron chi connectivity index (χ2n) is 3.97. The molecule has 0 atom stereocenters. The average molecular weight is 221 g/mol. The van der Waals surface area contributed by atoms with Gasteiger partial charge in [-0.25, -0.2) is 4.79 Å². The molecule has 88 valence electrons. The molecular formula is C13H19NO2. The molecule has 0 bridgehead atoms. The van der Waals surface area contributed by atoms with Crippen LogP contribution in [0.3, 0.4) is 0 Å². The van der Waals surface area contributed by atoms with E-state index in [1.165, 1.54) is 0 Å². The van der Waals surface area contributed by atoms with Gasteiger partial charge in [0.1, 0.15) is 0 Å². The first-order chi connectivity index (χ1) is 7.56. The van der Waals surface area contributed by atoms with Gasteiger partial charge in [-0.2, -0.15) is 0 Å². The summed E-state index contributed by atoms with van der Waals surface area (Å²) in [5.41, 5.74) is 1.70. The largest absolute Gasteiger partial charge is 0.462 e. The number of ether oxygens (including phenoxy) is 1. The van der Waals surface area contributed by atoms with Gasteiger partial charge in [0.15, 0.2) is 0 Å². The lowest BCUT2D eigenvalue weighted by Gasteiger charge is -2.23. The molecule has 3 heteroatoms. The van der Waals surface area contributed by atoms with Gasteiger partial charge in [0.2, 0.25) is 0 Å². The lowest BCUT2D eigenvalue weighted by atomic mass is 10.2. The van der Waals surface area contributed by atoms with E-state index in [9.17, 15) is 4.79 Å². The zero-order valence-electron chi connectivity index (χ0n) is 10.4. The Balaban J connectivity index is 2.79. The number of hydrogen-bond acceptors (Lipinski definition) is 3. The lowest BCUT2D eigenvalue weighted by Crippen LogP contribution is -2.25. The zero-order chi connectivity index (χ0) is 12.1. The van der Waals surface area contributed by atoms with Crippen molar-refractivity contribution in [1.29, 1.82) is 0 Å². The molecule has 0 aliphatic heterocycles. The Morgan fingerprint density at radius 3 is 2.31 bits per heavy atom. The van der Waals surface area contributed by atoms with Gasteiger partial charge in [-0.1, -0.05) is 0 Å². The number of benzene rings is 1. The number of nitrogens with zero attached hydrogens (tertiary/aromatic N) is 1. The van der Waals surface area contributed by atoms with Crippen molar-refractivity contribution in [2.45, 2.75) is 26.8 Å². The molecule has 16 heavy (non-hydrogen) atoms. The van der Waals surface area contributed by atoms with Crippen molar-refractivity contribution in [1.82, 2.24) is 0 Å². The fraction of sp³-hybridized carbons (Fsp3) is 0.462. The van der Waals surface area contributed by atoms with E-state index in [1.54, 1.807) is 19.1 Å². The molecule has 0 radical (unpaired) electrons. The minimum atomic E-state index is -0.263. The van der Waals surface area contributed by atoms with Crippen molar-refractivity contribution >= 4 is 11.7 Å². The van der Waals surface area contributed by atoms with Crippen LogP contribution in [0, 0.1) is 0 Å². The summed E-state index contributed by atoms with van der Waals surface area (Å²) in [6, 6.07) is 7.91. The van der Waals surface area contributed by atoms with Crippen LogP contribution in [0.1, 0.15) is 31.1 Å². The monoisotopic (exact) mass is 221 g/mol. The van der Waals surface area contributed by atoms with Gasteiger partial charge in [0.25, 0.3) is 0 Å². The third-order valence-electron chi connectivity index (χ3n) is 2.56. The van der Waals surface area contributed by atoms with E-state index in [1.807, 2.05) is 19.2 Å². The maximum Gasteiger partial charge on any atom is 0.338 e. The van der Waals surface area contributed by atoms with E-state index in [-0.39, 0.29) is 5.97 Å². The molecule has 0 spiro atoms. The Morgan fingerprint density at radius 2 is 1.88 bits per heavy atom. The van der Waals surface area contributed by atoms with E-state index < -0.39 is 0 Å². The summed E-state index contributed by atoms with van der Waals surface area (Å²) in [4.78, 5) is 13.6. The maximum atomic E-state index is 11.4. The van der Waals surface area contributed by atoms with Crippen LogP contribution < -0.4 is 4.90 Å². The molecule has 3 nitrogen and oxygen atoms in total. The van der Waals surface area contributed by atoms with Crippen LogP contribution in [0.2, 0.25) is 0 Å². The Labute approximate surface area is 97.0 Å². The number of anilines is 1. The SMILES string of the molecule is CCOC(=O)c1ccc(N(C)C(C)C)cc1. The predicted octanol–water partition coefficient (Wildman–Crippen LogP) is 2.71. The van der Waals surface area contributed by atoms with Gasteiger partial charge in [-0.05, 0) is 45.0 Å². The first-order valence-electron chi connectivity index (χ1n) is 5.56. The van der Waals surface area contributed by atoms with Crippen molar-refractivity contribution in [3.63, 3.8) is 0 Å². The smallest absolute Gasteiger partial charge is 0.338 e. The fourth-order valence-corrected chi connectivity index (χ4v) is 1.35. The predicted molar refractivity (Wildman–Crippen MR) is 65.9 cm³/mol. The van der Waals surface area contributed by atoms with Gasteiger partial charge in [0.05, 0.1) is 12.2 Å². The number of rotatable bonds is 4. The van der Waals surface area contributed by atoms with Gasteiger partial charge in [0, 0.05) is 18.8 Å². The highest BCUT2D eigenvalue weighted by molar-refractivity contribution is 5.89. The van der Waals surface area contributed by atoms with E-state index in [4.69, 9.17) is 4.74 Å². The summed E-state index contributed by atoms with van der Waals surface area (Å²) in [5, 5.41) is 0. The maximum absolute atomic E-state index is 11.4.